The van der Waals surface area contributed by atoms with Gasteiger partial charge in [0.05, 0.1) is 0 Å². The zero-order chi connectivity index (χ0) is 21.1. The second kappa shape index (κ2) is 12.4. The van der Waals surface area contributed by atoms with E-state index < -0.39 is 12.0 Å². The van der Waals surface area contributed by atoms with Crippen LogP contribution in [0.3, 0.4) is 0 Å². The number of anilines is 1. The second-order valence-corrected chi connectivity index (χ2v) is 7.87. The van der Waals surface area contributed by atoms with E-state index in [0.717, 1.165) is 69.7 Å². The molecule has 1 aliphatic rings. The number of amides is 1. The van der Waals surface area contributed by atoms with Gasteiger partial charge in [-0.2, -0.15) is 0 Å². The number of nitrogens with one attached hydrogen (secondary N) is 2. The fourth-order valence-corrected chi connectivity index (χ4v) is 3.68. The van der Waals surface area contributed by atoms with E-state index in [1.807, 2.05) is 0 Å². The van der Waals surface area contributed by atoms with Crippen LogP contribution in [0.4, 0.5) is 5.82 Å². The van der Waals surface area contributed by atoms with Crippen molar-refractivity contribution in [2.45, 2.75) is 71.3 Å². The summed E-state index contributed by atoms with van der Waals surface area (Å²) in [4.78, 5) is 29.6. The average Bonchev–Trinajstić information content (AvgIpc) is 2.70. The minimum Gasteiger partial charge on any atom is -0.480 e. The summed E-state index contributed by atoms with van der Waals surface area (Å²) in [5, 5.41) is 15.2. The number of unbranched alkanes of at least 4 members (excludes halogenated alkanes) is 2. The first-order valence-corrected chi connectivity index (χ1v) is 10.9. The zero-order valence-corrected chi connectivity index (χ0v) is 17.9. The number of fused-ring (bicyclic) bond motifs is 1. The standard InChI is InChI=1S/C22H36N4O3/c1-3-4-14-26(16-12-20(22(28)29)24-17(2)27)15-6-5-9-19-11-10-18-8-7-13-23-21(18)25-19/h10-11,20H,3-9,12-16H2,1-2H3,(H,23,25)(H,24,27)(H,28,29). The molecule has 0 radical (unpaired) electrons. The number of carboxylic acid groups (broad SMARTS) is 1. The molecule has 7 nitrogen and oxygen atoms in total. The van der Waals surface area contributed by atoms with E-state index in [1.54, 1.807) is 0 Å². The summed E-state index contributed by atoms with van der Waals surface area (Å²) < 4.78 is 0. The van der Waals surface area contributed by atoms with E-state index >= 15 is 0 Å². The van der Waals surface area contributed by atoms with Gasteiger partial charge >= 0.3 is 5.97 Å². The van der Waals surface area contributed by atoms with Gasteiger partial charge in [0.1, 0.15) is 11.9 Å². The van der Waals surface area contributed by atoms with Crippen molar-refractivity contribution in [1.29, 1.82) is 0 Å². The highest BCUT2D eigenvalue weighted by molar-refractivity contribution is 5.82. The van der Waals surface area contributed by atoms with Crippen LogP contribution in [-0.2, 0) is 22.4 Å². The lowest BCUT2D eigenvalue weighted by Gasteiger charge is -2.24. The number of hydrogen-bond acceptors (Lipinski definition) is 5. The first-order chi connectivity index (χ1) is 14.0. The average molecular weight is 405 g/mol. The maximum Gasteiger partial charge on any atom is 0.326 e. The molecule has 0 aliphatic carbocycles. The molecule has 3 N–H and O–H groups in total. The summed E-state index contributed by atoms with van der Waals surface area (Å²) in [6.45, 7) is 7.10. The number of rotatable bonds is 13. The molecule has 0 aromatic carbocycles. The highest BCUT2D eigenvalue weighted by Gasteiger charge is 2.19. The van der Waals surface area contributed by atoms with Crippen molar-refractivity contribution < 1.29 is 14.7 Å². The van der Waals surface area contributed by atoms with E-state index in [2.05, 4.69) is 34.6 Å². The summed E-state index contributed by atoms with van der Waals surface area (Å²) in [6, 6.07) is 3.53. The number of pyridine rings is 1. The molecule has 7 heteroatoms. The van der Waals surface area contributed by atoms with Crippen LogP contribution in [-0.4, -0.2) is 59.1 Å². The largest absolute Gasteiger partial charge is 0.480 e. The van der Waals surface area contributed by atoms with Crippen molar-refractivity contribution in [3.8, 4) is 0 Å². The predicted octanol–water partition coefficient (Wildman–Crippen LogP) is 2.84. The normalized spacial score (nSPS) is 14.2. The molecule has 0 fully saturated rings. The lowest BCUT2D eigenvalue weighted by Crippen LogP contribution is -2.42. The molecule has 29 heavy (non-hydrogen) atoms. The number of carbonyl (C=O) groups excluding carboxylic acids is 1. The van der Waals surface area contributed by atoms with Crippen LogP contribution in [0.5, 0.6) is 0 Å². The van der Waals surface area contributed by atoms with Crippen LogP contribution in [0, 0.1) is 0 Å². The van der Waals surface area contributed by atoms with Gasteiger partial charge in [-0.3, -0.25) is 4.79 Å². The lowest BCUT2D eigenvalue weighted by atomic mass is 10.1. The molecule has 0 saturated heterocycles. The third-order valence-electron chi connectivity index (χ3n) is 5.35. The van der Waals surface area contributed by atoms with Crippen molar-refractivity contribution in [3.05, 3.63) is 23.4 Å². The van der Waals surface area contributed by atoms with Gasteiger partial charge in [-0.25, -0.2) is 9.78 Å². The lowest BCUT2D eigenvalue weighted by molar-refractivity contribution is -0.141. The molecule has 1 aromatic rings. The SMILES string of the molecule is CCCCN(CCCCc1ccc2c(n1)NCCC2)CCC(NC(C)=O)C(=O)O. The molecule has 162 valence electrons. The molecule has 1 aliphatic heterocycles. The highest BCUT2D eigenvalue weighted by Crippen LogP contribution is 2.20. The van der Waals surface area contributed by atoms with Gasteiger partial charge in [0.25, 0.3) is 0 Å². The molecule has 0 spiro atoms. The summed E-state index contributed by atoms with van der Waals surface area (Å²) in [5.74, 6) is -0.219. The van der Waals surface area contributed by atoms with E-state index in [4.69, 9.17) is 4.98 Å². The van der Waals surface area contributed by atoms with Crippen molar-refractivity contribution in [3.63, 3.8) is 0 Å². The molecular formula is C22H36N4O3. The molecule has 0 saturated carbocycles. The Labute approximate surface area is 174 Å². The topological polar surface area (TPSA) is 94.6 Å². The fourth-order valence-electron chi connectivity index (χ4n) is 3.68. The summed E-state index contributed by atoms with van der Waals surface area (Å²) in [7, 11) is 0. The Kier molecular flexibility index (Phi) is 9.91. The van der Waals surface area contributed by atoms with E-state index in [-0.39, 0.29) is 5.91 Å². The zero-order valence-electron chi connectivity index (χ0n) is 17.9. The van der Waals surface area contributed by atoms with E-state index in [1.165, 1.54) is 18.9 Å². The van der Waals surface area contributed by atoms with Crippen molar-refractivity contribution in [2.75, 3.05) is 31.5 Å². The minimum atomic E-state index is -0.970. The van der Waals surface area contributed by atoms with Crippen molar-refractivity contribution in [2.24, 2.45) is 0 Å². The number of carboxylic acids is 1. The van der Waals surface area contributed by atoms with Crippen molar-refractivity contribution >= 4 is 17.7 Å². The Morgan fingerprint density at radius 2 is 2.03 bits per heavy atom. The Bertz CT molecular complexity index is 665. The number of carbonyl (C=O) groups is 2. The van der Waals surface area contributed by atoms with Gasteiger partial charge in [0.15, 0.2) is 0 Å². The summed E-state index contributed by atoms with van der Waals surface area (Å²) in [6.07, 6.45) is 7.98. The number of nitrogens with zero attached hydrogens (tertiary/aromatic N) is 2. The second-order valence-electron chi connectivity index (χ2n) is 7.87. The molecular weight excluding hydrogens is 368 g/mol. The molecule has 1 aromatic heterocycles. The molecule has 1 unspecified atom stereocenters. The van der Waals surface area contributed by atoms with Gasteiger partial charge in [-0.05, 0) is 69.7 Å². The first-order valence-electron chi connectivity index (χ1n) is 10.9. The Morgan fingerprint density at radius 3 is 2.76 bits per heavy atom. The molecule has 0 bridgehead atoms. The maximum atomic E-state index is 11.3. The highest BCUT2D eigenvalue weighted by atomic mass is 16.4. The van der Waals surface area contributed by atoms with Crippen LogP contribution in [0.25, 0.3) is 0 Å². The predicted molar refractivity (Wildman–Crippen MR) is 115 cm³/mol. The van der Waals surface area contributed by atoms with E-state index in [9.17, 15) is 14.7 Å². The van der Waals surface area contributed by atoms with Gasteiger partial charge in [0.2, 0.25) is 5.91 Å². The Morgan fingerprint density at radius 1 is 1.24 bits per heavy atom. The van der Waals surface area contributed by atoms with Gasteiger partial charge < -0.3 is 20.6 Å². The van der Waals surface area contributed by atoms with Gasteiger partial charge in [0, 0.05) is 25.7 Å². The van der Waals surface area contributed by atoms with Crippen LogP contribution in [0.1, 0.15) is 63.6 Å². The van der Waals surface area contributed by atoms with Gasteiger partial charge in [-0.15, -0.1) is 0 Å². The van der Waals surface area contributed by atoms with Crippen LogP contribution in [0.15, 0.2) is 12.1 Å². The van der Waals surface area contributed by atoms with Crippen molar-refractivity contribution in [1.82, 2.24) is 15.2 Å². The summed E-state index contributed by atoms with van der Waals surface area (Å²) in [5.41, 5.74) is 2.45. The quantitative estimate of drug-likeness (QED) is 0.438. The minimum absolute atomic E-state index is 0.301. The van der Waals surface area contributed by atoms with Crippen LogP contribution in [0.2, 0.25) is 0 Å². The molecule has 2 rings (SSSR count). The first kappa shape index (κ1) is 23.1. The van der Waals surface area contributed by atoms with Crippen LogP contribution < -0.4 is 10.6 Å². The smallest absolute Gasteiger partial charge is 0.326 e. The Balaban J connectivity index is 1.77. The molecule has 1 amide bonds. The number of hydrogen-bond donors (Lipinski definition) is 3. The van der Waals surface area contributed by atoms with Crippen LogP contribution >= 0.6 is 0 Å². The third kappa shape index (κ3) is 8.40. The van der Waals surface area contributed by atoms with Gasteiger partial charge in [-0.1, -0.05) is 19.4 Å². The number of aryl methyl sites for hydroxylation is 2. The molecule has 2 heterocycles. The van der Waals surface area contributed by atoms with E-state index in [0.29, 0.717) is 13.0 Å². The number of aromatic nitrogens is 1. The number of aliphatic carboxylic acids is 1. The Hall–Kier alpha value is -2.15. The maximum absolute atomic E-state index is 11.3. The molecule has 1 atom stereocenters. The summed E-state index contributed by atoms with van der Waals surface area (Å²) >= 11 is 0. The third-order valence-corrected chi connectivity index (χ3v) is 5.35. The monoisotopic (exact) mass is 404 g/mol. The fraction of sp³-hybridized carbons (Fsp3) is 0.682.